The quantitative estimate of drug-likeness (QED) is 0.148. The number of cyclic esters (lactones) is 1. The fourth-order valence-electron chi connectivity index (χ4n) is 3.59. The molecule has 4 atom stereocenters. The van der Waals surface area contributed by atoms with E-state index in [-0.39, 0.29) is 13.2 Å². The monoisotopic (exact) mass is 446 g/mol. The largest absolute Gasteiger partial charge is 0.450 e. The SMILES string of the molecule is CCCCCCCCCCCCCCOCC(O)COC1C(=O)C(=O)O[C@@H]1[C@@H](O)CO. The molecule has 2 unspecified atom stereocenters. The first-order valence-corrected chi connectivity index (χ1v) is 11.9. The summed E-state index contributed by atoms with van der Waals surface area (Å²) in [5.41, 5.74) is 0. The van der Waals surface area contributed by atoms with Gasteiger partial charge in [-0.3, -0.25) is 4.79 Å². The van der Waals surface area contributed by atoms with Gasteiger partial charge in [0.15, 0.2) is 12.2 Å². The molecular weight excluding hydrogens is 404 g/mol. The highest BCUT2D eigenvalue weighted by Crippen LogP contribution is 2.19. The maximum absolute atomic E-state index is 11.7. The Labute approximate surface area is 186 Å². The van der Waals surface area contributed by atoms with Crippen LogP contribution in [0.15, 0.2) is 0 Å². The van der Waals surface area contributed by atoms with Crippen LogP contribution in [0.1, 0.15) is 84.0 Å². The van der Waals surface area contributed by atoms with Crippen molar-refractivity contribution in [2.24, 2.45) is 0 Å². The van der Waals surface area contributed by atoms with Gasteiger partial charge in [-0.25, -0.2) is 4.79 Å². The Bertz CT molecular complexity index is 484. The lowest BCUT2D eigenvalue weighted by atomic mass is 10.1. The average Bonchev–Trinajstić information content (AvgIpc) is 3.05. The number of unbranched alkanes of at least 4 members (excludes halogenated alkanes) is 11. The van der Waals surface area contributed by atoms with Crippen LogP contribution >= 0.6 is 0 Å². The lowest BCUT2D eigenvalue weighted by Crippen LogP contribution is -2.42. The molecule has 0 aliphatic carbocycles. The number of rotatable bonds is 20. The van der Waals surface area contributed by atoms with E-state index >= 15 is 0 Å². The van der Waals surface area contributed by atoms with Crippen molar-refractivity contribution in [1.82, 2.24) is 0 Å². The second kappa shape index (κ2) is 17.5. The Kier molecular flexibility index (Phi) is 15.8. The van der Waals surface area contributed by atoms with Gasteiger partial charge in [0.05, 0.1) is 19.8 Å². The zero-order valence-corrected chi connectivity index (χ0v) is 19.0. The van der Waals surface area contributed by atoms with Crippen LogP contribution in [0.4, 0.5) is 0 Å². The Morgan fingerprint density at radius 1 is 0.871 bits per heavy atom. The minimum atomic E-state index is -1.42. The number of aliphatic hydroxyl groups excluding tert-OH is 3. The number of aliphatic hydroxyl groups is 3. The summed E-state index contributed by atoms with van der Waals surface area (Å²) in [6.45, 7) is 1.94. The van der Waals surface area contributed by atoms with E-state index < -0.39 is 42.8 Å². The lowest BCUT2D eigenvalue weighted by Gasteiger charge is -2.21. The summed E-state index contributed by atoms with van der Waals surface area (Å²) < 4.78 is 15.4. The van der Waals surface area contributed by atoms with Crippen molar-refractivity contribution in [2.45, 2.75) is 108 Å². The summed E-state index contributed by atoms with van der Waals surface area (Å²) in [5, 5.41) is 28.5. The van der Waals surface area contributed by atoms with E-state index in [2.05, 4.69) is 6.92 Å². The molecule has 0 bridgehead atoms. The summed E-state index contributed by atoms with van der Waals surface area (Å²) in [6.07, 6.45) is 10.2. The molecule has 0 amide bonds. The summed E-state index contributed by atoms with van der Waals surface area (Å²) in [5.74, 6) is -2.04. The third-order valence-corrected chi connectivity index (χ3v) is 5.49. The molecule has 1 heterocycles. The average molecular weight is 447 g/mol. The molecule has 1 fully saturated rings. The van der Waals surface area contributed by atoms with E-state index in [1.54, 1.807) is 0 Å². The van der Waals surface area contributed by atoms with Gasteiger partial charge >= 0.3 is 5.97 Å². The van der Waals surface area contributed by atoms with Crippen LogP contribution in [0.3, 0.4) is 0 Å². The van der Waals surface area contributed by atoms with Crippen LogP contribution in [0.5, 0.6) is 0 Å². The zero-order chi connectivity index (χ0) is 22.9. The third-order valence-electron chi connectivity index (χ3n) is 5.49. The molecule has 31 heavy (non-hydrogen) atoms. The molecule has 3 N–H and O–H groups in total. The molecule has 8 nitrogen and oxygen atoms in total. The minimum Gasteiger partial charge on any atom is -0.450 e. The van der Waals surface area contributed by atoms with E-state index in [9.17, 15) is 19.8 Å². The number of ketones is 1. The van der Waals surface area contributed by atoms with Gasteiger partial charge in [-0.2, -0.15) is 0 Å². The molecule has 1 rings (SSSR count). The zero-order valence-electron chi connectivity index (χ0n) is 19.0. The molecule has 0 aromatic carbocycles. The van der Waals surface area contributed by atoms with Crippen LogP contribution in [0.2, 0.25) is 0 Å². The highest BCUT2D eigenvalue weighted by Gasteiger charge is 2.48. The summed E-state index contributed by atoms with van der Waals surface area (Å²) >= 11 is 0. The van der Waals surface area contributed by atoms with Gasteiger partial charge in [0, 0.05) is 6.61 Å². The van der Waals surface area contributed by atoms with Gasteiger partial charge in [0.1, 0.15) is 12.2 Å². The minimum absolute atomic E-state index is 0.0565. The Balaban J connectivity index is 1.97. The fourth-order valence-corrected chi connectivity index (χ4v) is 3.59. The molecule has 1 aliphatic rings. The van der Waals surface area contributed by atoms with Crippen molar-refractivity contribution in [3.63, 3.8) is 0 Å². The van der Waals surface area contributed by atoms with E-state index in [0.29, 0.717) is 6.61 Å². The number of carbonyl (C=O) groups is 2. The Hall–Kier alpha value is -1.06. The normalized spacial score (nSPS) is 20.8. The molecule has 1 aliphatic heterocycles. The first kappa shape index (κ1) is 28.0. The van der Waals surface area contributed by atoms with Crippen molar-refractivity contribution in [1.29, 1.82) is 0 Å². The molecule has 0 saturated carbocycles. The molecule has 0 aromatic rings. The standard InChI is InChI=1S/C23H42O8/c1-2-3-4-5-6-7-8-9-10-11-12-13-14-29-16-18(25)17-30-22-20(27)23(28)31-21(22)19(26)15-24/h18-19,21-22,24-26H,2-17H2,1H3/t18?,19-,21+,22?/m0/s1. The highest BCUT2D eigenvalue weighted by molar-refractivity contribution is 6.37. The highest BCUT2D eigenvalue weighted by atomic mass is 16.6. The van der Waals surface area contributed by atoms with Gasteiger partial charge in [-0.05, 0) is 6.42 Å². The summed E-state index contributed by atoms with van der Waals surface area (Å²) in [7, 11) is 0. The number of hydrogen-bond donors (Lipinski definition) is 3. The van der Waals surface area contributed by atoms with Crippen molar-refractivity contribution in [2.75, 3.05) is 26.4 Å². The van der Waals surface area contributed by atoms with Gasteiger partial charge < -0.3 is 29.5 Å². The lowest BCUT2D eigenvalue weighted by molar-refractivity contribution is -0.152. The fraction of sp³-hybridized carbons (Fsp3) is 0.913. The van der Waals surface area contributed by atoms with E-state index in [1.807, 2.05) is 0 Å². The van der Waals surface area contributed by atoms with Crippen LogP contribution in [-0.2, 0) is 23.8 Å². The third kappa shape index (κ3) is 11.9. The Morgan fingerprint density at radius 3 is 1.97 bits per heavy atom. The van der Waals surface area contributed by atoms with Crippen LogP contribution in [-0.4, -0.2) is 77.9 Å². The number of Topliss-reactive ketones (excluding diaryl/α,β-unsaturated/α-hetero) is 1. The smallest absolute Gasteiger partial charge is 0.378 e. The first-order chi connectivity index (χ1) is 15.0. The van der Waals surface area contributed by atoms with Crippen molar-refractivity contribution in [3.05, 3.63) is 0 Å². The molecule has 0 spiro atoms. The number of carbonyl (C=O) groups excluding carboxylic acids is 2. The van der Waals surface area contributed by atoms with Crippen molar-refractivity contribution >= 4 is 11.8 Å². The van der Waals surface area contributed by atoms with E-state index in [4.69, 9.17) is 19.3 Å². The molecule has 8 heteroatoms. The van der Waals surface area contributed by atoms with Crippen LogP contribution in [0.25, 0.3) is 0 Å². The molecule has 182 valence electrons. The number of esters is 1. The molecule has 0 radical (unpaired) electrons. The summed E-state index contributed by atoms with van der Waals surface area (Å²) in [4.78, 5) is 23.1. The molecule has 0 aromatic heterocycles. The van der Waals surface area contributed by atoms with Gasteiger partial charge in [0.2, 0.25) is 0 Å². The molecular formula is C23H42O8. The second-order valence-electron chi connectivity index (χ2n) is 8.36. The number of hydrogen-bond acceptors (Lipinski definition) is 8. The maximum atomic E-state index is 11.7. The summed E-state index contributed by atoms with van der Waals surface area (Å²) in [6, 6.07) is 0. The second-order valence-corrected chi connectivity index (χ2v) is 8.36. The van der Waals surface area contributed by atoms with Crippen LogP contribution < -0.4 is 0 Å². The van der Waals surface area contributed by atoms with Gasteiger partial charge in [-0.1, -0.05) is 77.6 Å². The van der Waals surface area contributed by atoms with E-state index in [1.165, 1.54) is 64.2 Å². The predicted molar refractivity (Wildman–Crippen MR) is 116 cm³/mol. The Morgan fingerprint density at radius 2 is 1.42 bits per heavy atom. The van der Waals surface area contributed by atoms with Crippen LogP contribution in [0, 0.1) is 0 Å². The first-order valence-electron chi connectivity index (χ1n) is 11.9. The maximum Gasteiger partial charge on any atom is 0.378 e. The van der Waals surface area contributed by atoms with Gasteiger partial charge in [-0.15, -0.1) is 0 Å². The predicted octanol–water partition coefficient (Wildman–Crippen LogP) is 2.30. The van der Waals surface area contributed by atoms with Gasteiger partial charge in [0.25, 0.3) is 5.78 Å². The van der Waals surface area contributed by atoms with Crippen molar-refractivity contribution < 1.29 is 39.1 Å². The molecule has 1 saturated heterocycles. The number of ether oxygens (including phenoxy) is 3. The van der Waals surface area contributed by atoms with E-state index in [0.717, 1.165) is 12.8 Å². The topological polar surface area (TPSA) is 123 Å². The van der Waals surface area contributed by atoms with Crippen molar-refractivity contribution in [3.8, 4) is 0 Å².